The number of carboxylic acids is 2. The third-order valence-corrected chi connectivity index (χ3v) is 7.54. The van der Waals surface area contributed by atoms with Crippen molar-refractivity contribution in [3.05, 3.63) is 59.3 Å². The van der Waals surface area contributed by atoms with Crippen LogP contribution < -0.4 is 10.1 Å². The zero-order valence-electron chi connectivity index (χ0n) is 31.0. The molecule has 0 radical (unpaired) electrons. The third kappa shape index (κ3) is 9.74. The van der Waals surface area contributed by atoms with Gasteiger partial charge in [0.05, 0.1) is 41.7 Å². The van der Waals surface area contributed by atoms with Gasteiger partial charge in [0.2, 0.25) is 11.4 Å². The van der Waals surface area contributed by atoms with Gasteiger partial charge in [-0.2, -0.15) is 0 Å². The molecule has 5 N–H and O–H groups in total. The van der Waals surface area contributed by atoms with Crippen LogP contribution in [0.3, 0.4) is 0 Å². The van der Waals surface area contributed by atoms with Crippen LogP contribution in [0, 0.1) is 0 Å². The molecule has 18 heteroatoms. The van der Waals surface area contributed by atoms with Crippen molar-refractivity contribution in [3.63, 3.8) is 0 Å². The normalized spacial score (nSPS) is 18.9. The summed E-state index contributed by atoms with van der Waals surface area (Å²) in [6, 6.07) is 7.14. The maximum atomic E-state index is 11.9. The minimum absolute atomic E-state index is 0.0248. The lowest BCUT2D eigenvalue weighted by Crippen LogP contribution is -2.82. The van der Waals surface area contributed by atoms with E-state index in [9.17, 15) is 14.7 Å². The van der Waals surface area contributed by atoms with E-state index in [0.717, 1.165) is 24.5 Å². The highest BCUT2D eigenvalue weighted by atomic mass is 16.8. The van der Waals surface area contributed by atoms with Gasteiger partial charge in [0.15, 0.2) is 11.5 Å². The fraction of sp³-hybridized carbons (Fsp3) is 0.576. The standard InChI is InChI=1S/C19H32O12.C10H10O3.C4H11NO2/c1-22-12-11-16(25-4,14(24-3)13(23-2)15(20)21)18(28-7,29-8)19(30-9,31-10)17(12,26-5)27-6;1-13-9-5-2-8(3-6-9)4-7-10(11)12;6-3-1-5-2-4-7/h11H,1-10H3,(H,20,21);2-7H,1H3,(H,11,12);5-7H,1-4H2. The van der Waals surface area contributed by atoms with Gasteiger partial charge in [-0.3, -0.25) is 0 Å². The SMILES string of the molecule is COC1=CC(OC)(C(OC)=C(OC)C(=O)O)C(OC)(OC)C(OC)(OC)C1(OC)OC.COc1ccc(C=CC(=O)O)cc1.OCCNCCO. The van der Waals surface area contributed by atoms with Crippen LogP contribution in [0.5, 0.6) is 5.75 Å². The van der Waals surface area contributed by atoms with Gasteiger partial charge in [-0.1, -0.05) is 12.1 Å². The van der Waals surface area contributed by atoms with E-state index >= 15 is 0 Å². The Morgan fingerprint density at radius 3 is 1.51 bits per heavy atom. The first-order valence-corrected chi connectivity index (χ1v) is 15.0. The summed E-state index contributed by atoms with van der Waals surface area (Å²) >= 11 is 0. The molecule has 1 aliphatic carbocycles. The maximum Gasteiger partial charge on any atom is 0.374 e. The molecule has 0 aliphatic heterocycles. The Kier molecular flexibility index (Phi) is 21.2. The molecule has 0 aromatic heterocycles. The van der Waals surface area contributed by atoms with Crippen LogP contribution in [0.15, 0.2) is 53.7 Å². The van der Waals surface area contributed by atoms with Gasteiger partial charge in [0.25, 0.3) is 17.4 Å². The second kappa shape index (κ2) is 22.9. The summed E-state index contributed by atoms with van der Waals surface area (Å²) < 4.78 is 61.5. The van der Waals surface area contributed by atoms with E-state index in [1.54, 1.807) is 31.4 Å². The molecule has 0 heterocycles. The molecule has 2 rings (SSSR count). The zero-order chi connectivity index (χ0) is 39.3. The molecule has 0 fully saturated rings. The van der Waals surface area contributed by atoms with Crippen molar-refractivity contribution in [2.75, 3.05) is 105 Å². The Morgan fingerprint density at radius 2 is 1.20 bits per heavy atom. The molecule has 0 amide bonds. The largest absolute Gasteiger partial charge is 0.497 e. The van der Waals surface area contributed by atoms with Crippen molar-refractivity contribution in [2.45, 2.75) is 23.0 Å². The number of aliphatic hydroxyl groups is 2. The zero-order valence-corrected chi connectivity index (χ0v) is 31.0. The summed E-state index contributed by atoms with van der Waals surface area (Å²) in [7, 11) is 14.3. The monoisotopic (exact) mass is 735 g/mol. The predicted molar refractivity (Wildman–Crippen MR) is 180 cm³/mol. The van der Waals surface area contributed by atoms with E-state index in [2.05, 4.69) is 5.32 Å². The summed E-state index contributed by atoms with van der Waals surface area (Å²) in [5.41, 5.74) is -1.18. The van der Waals surface area contributed by atoms with Crippen molar-refractivity contribution in [1.29, 1.82) is 0 Å². The van der Waals surface area contributed by atoms with Crippen molar-refractivity contribution in [3.8, 4) is 5.75 Å². The van der Waals surface area contributed by atoms with Crippen LogP contribution in [-0.4, -0.2) is 160 Å². The average molecular weight is 736 g/mol. The highest BCUT2D eigenvalue weighted by Crippen LogP contribution is 2.58. The van der Waals surface area contributed by atoms with Crippen LogP contribution in [0.1, 0.15) is 5.56 Å². The third-order valence-electron chi connectivity index (χ3n) is 7.54. The number of aliphatic carboxylic acids is 2. The number of methoxy groups -OCH3 is 11. The summed E-state index contributed by atoms with van der Waals surface area (Å²) in [6.07, 6.45) is 3.95. The minimum atomic E-state index is -2.16. The van der Waals surface area contributed by atoms with Gasteiger partial charge in [-0.05, 0) is 23.8 Å². The first kappa shape index (κ1) is 47.2. The Balaban J connectivity index is 0.00000101. The predicted octanol–water partition coefficient (Wildman–Crippen LogP) is 0.825. The van der Waals surface area contributed by atoms with E-state index in [1.165, 1.54) is 76.1 Å². The van der Waals surface area contributed by atoms with E-state index in [1.807, 2.05) is 0 Å². The number of carboxylic acid groups (broad SMARTS) is 2. The highest BCUT2D eigenvalue weighted by molar-refractivity contribution is 5.86. The van der Waals surface area contributed by atoms with Gasteiger partial charge < -0.3 is 77.8 Å². The number of nitrogens with one attached hydrogen (secondary N) is 1. The number of carbonyl (C=O) groups is 2. The molecule has 1 atom stereocenters. The molecule has 1 aromatic rings. The molecule has 292 valence electrons. The fourth-order valence-corrected chi connectivity index (χ4v) is 5.38. The van der Waals surface area contributed by atoms with E-state index in [0.29, 0.717) is 13.1 Å². The van der Waals surface area contributed by atoms with Crippen LogP contribution in [-0.2, 0) is 57.0 Å². The molecule has 1 aromatic carbocycles. The van der Waals surface area contributed by atoms with Gasteiger partial charge in [-0.15, -0.1) is 0 Å². The van der Waals surface area contributed by atoms with Crippen molar-refractivity contribution in [2.24, 2.45) is 0 Å². The molecule has 0 saturated carbocycles. The summed E-state index contributed by atoms with van der Waals surface area (Å²) in [4.78, 5) is 22.1. The van der Waals surface area contributed by atoms with Crippen LogP contribution in [0.4, 0.5) is 0 Å². The molecule has 0 spiro atoms. The van der Waals surface area contributed by atoms with Crippen LogP contribution in [0.2, 0.25) is 0 Å². The van der Waals surface area contributed by atoms with Gasteiger partial charge in [0.1, 0.15) is 5.75 Å². The van der Waals surface area contributed by atoms with Crippen LogP contribution >= 0.6 is 0 Å². The van der Waals surface area contributed by atoms with E-state index in [-0.39, 0.29) is 24.7 Å². The first-order valence-electron chi connectivity index (χ1n) is 15.0. The van der Waals surface area contributed by atoms with Gasteiger partial charge in [-0.25, -0.2) is 9.59 Å². The summed E-state index contributed by atoms with van der Waals surface area (Å²) in [5, 5.41) is 37.2. The second-order valence-corrected chi connectivity index (χ2v) is 9.74. The maximum absolute atomic E-state index is 11.9. The number of hydrogen-bond acceptors (Lipinski definition) is 16. The topological polar surface area (TPSA) is 229 Å². The average Bonchev–Trinajstić information content (AvgIpc) is 3.15. The van der Waals surface area contributed by atoms with E-state index in [4.69, 9.17) is 67.4 Å². The Hall–Kier alpha value is -3.82. The lowest BCUT2D eigenvalue weighted by molar-refractivity contribution is -0.500. The van der Waals surface area contributed by atoms with Crippen molar-refractivity contribution < 1.29 is 82.1 Å². The number of benzene rings is 1. The number of rotatable bonds is 19. The summed E-state index contributed by atoms with van der Waals surface area (Å²) in [5.74, 6) is -8.79. The Morgan fingerprint density at radius 1 is 0.686 bits per heavy atom. The van der Waals surface area contributed by atoms with Crippen molar-refractivity contribution in [1.82, 2.24) is 5.32 Å². The molecular formula is C33H53NO17. The number of hydrogen-bond donors (Lipinski definition) is 5. The molecule has 0 saturated heterocycles. The smallest absolute Gasteiger partial charge is 0.374 e. The molecule has 1 unspecified atom stereocenters. The molecule has 0 bridgehead atoms. The molecular weight excluding hydrogens is 682 g/mol. The Bertz CT molecular complexity index is 1260. The molecule has 18 nitrogen and oxygen atoms in total. The lowest BCUT2D eigenvalue weighted by atomic mass is 9.72. The number of aliphatic hydroxyl groups excluding tert-OH is 2. The summed E-state index contributed by atoms with van der Waals surface area (Å²) in [6.45, 7) is 1.42. The van der Waals surface area contributed by atoms with Crippen LogP contribution in [0.25, 0.3) is 6.08 Å². The fourth-order valence-electron chi connectivity index (χ4n) is 5.38. The van der Waals surface area contributed by atoms with E-state index < -0.39 is 40.7 Å². The highest BCUT2D eigenvalue weighted by Gasteiger charge is 2.82. The number of ether oxygens (including phenoxy) is 11. The second-order valence-electron chi connectivity index (χ2n) is 9.74. The van der Waals surface area contributed by atoms with Crippen molar-refractivity contribution >= 4 is 18.0 Å². The molecule has 1 aliphatic rings. The quantitative estimate of drug-likeness (QED) is 0.0573. The minimum Gasteiger partial charge on any atom is -0.497 e. The van der Waals surface area contributed by atoms with Gasteiger partial charge in [0, 0.05) is 75.0 Å². The van der Waals surface area contributed by atoms with Gasteiger partial charge >= 0.3 is 11.9 Å². The molecule has 51 heavy (non-hydrogen) atoms. The lowest BCUT2D eigenvalue weighted by Gasteiger charge is -2.61. The first-order chi connectivity index (χ1) is 24.3. The Labute approximate surface area is 298 Å².